The second kappa shape index (κ2) is 4.90. The minimum atomic E-state index is -4.58. The molecule has 1 aromatic rings. The highest BCUT2D eigenvalue weighted by atomic mass is 35.5. The summed E-state index contributed by atoms with van der Waals surface area (Å²) in [6.45, 7) is 0. The largest absolute Gasteiger partial charge is 0.444 e. The van der Waals surface area contributed by atoms with E-state index >= 15 is 0 Å². The first-order valence-electron chi connectivity index (χ1n) is 3.89. The van der Waals surface area contributed by atoms with E-state index in [4.69, 9.17) is 11.6 Å². The van der Waals surface area contributed by atoms with Crippen molar-refractivity contribution in [1.82, 2.24) is 0 Å². The van der Waals surface area contributed by atoms with E-state index in [-0.39, 0.29) is 5.69 Å². The highest BCUT2D eigenvalue weighted by Gasteiger charge is 2.34. The van der Waals surface area contributed by atoms with E-state index < -0.39 is 11.3 Å². The Morgan fingerprint density at radius 1 is 1.27 bits per heavy atom. The van der Waals surface area contributed by atoms with Crippen LogP contribution in [0.1, 0.15) is 0 Å². The quantitative estimate of drug-likeness (QED) is 0.567. The van der Waals surface area contributed by atoms with E-state index in [0.29, 0.717) is 0 Å². The molecule has 0 N–H and O–H groups in total. The molecular weight excluding hydrogens is 247 g/mol. The fourth-order valence-electron chi connectivity index (χ4n) is 0.833. The molecule has 0 aliphatic carbocycles. The van der Waals surface area contributed by atoms with Crippen LogP contribution in [-0.4, -0.2) is 17.6 Å². The third-order valence-electron chi connectivity index (χ3n) is 1.53. The van der Waals surface area contributed by atoms with Crippen LogP contribution in [0.3, 0.4) is 0 Å². The number of rotatable bonds is 2. The van der Waals surface area contributed by atoms with Crippen LogP contribution in [0.4, 0.5) is 18.9 Å². The molecule has 0 bridgehead atoms. The Bertz CT molecular complexity index is 359. The van der Waals surface area contributed by atoms with E-state index in [2.05, 4.69) is 4.99 Å². The van der Waals surface area contributed by atoms with Crippen molar-refractivity contribution in [2.75, 3.05) is 6.26 Å². The SMILES string of the molecule is CSc1ccc(N=C(Cl)C(F)(F)F)cc1. The maximum atomic E-state index is 12.0. The summed E-state index contributed by atoms with van der Waals surface area (Å²) < 4.78 is 36.0. The lowest BCUT2D eigenvalue weighted by atomic mass is 10.3. The molecule has 1 aromatic carbocycles. The summed E-state index contributed by atoms with van der Waals surface area (Å²) in [5.41, 5.74) is 0.190. The van der Waals surface area contributed by atoms with Crippen LogP contribution in [-0.2, 0) is 0 Å². The molecule has 0 fully saturated rings. The van der Waals surface area contributed by atoms with Gasteiger partial charge in [0, 0.05) is 4.90 Å². The lowest BCUT2D eigenvalue weighted by Gasteiger charge is -2.03. The van der Waals surface area contributed by atoms with Crippen LogP contribution in [0.25, 0.3) is 0 Å². The molecular formula is C9H7ClF3NS. The predicted molar refractivity (Wildman–Crippen MR) is 57.2 cm³/mol. The number of hydrogen-bond donors (Lipinski definition) is 0. The highest BCUT2D eigenvalue weighted by molar-refractivity contribution is 7.98. The van der Waals surface area contributed by atoms with Crippen LogP contribution in [0.5, 0.6) is 0 Å². The number of aliphatic imine (C=N–C) groups is 1. The molecule has 1 nitrogen and oxygen atoms in total. The van der Waals surface area contributed by atoms with Gasteiger partial charge in [0.25, 0.3) is 0 Å². The van der Waals surface area contributed by atoms with Gasteiger partial charge in [-0.25, -0.2) is 4.99 Å². The van der Waals surface area contributed by atoms with Crippen LogP contribution < -0.4 is 0 Å². The Morgan fingerprint density at radius 3 is 2.20 bits per heavy atom. The summed E-state index contributed by atoms with van der Waals surface area (Å²) in [6.07, 6.45) is -2.71. The maximum Gasteiger partial charge on any atom is 0.444 e. The first kappa shape index (κ1) is 12.4. The molecule has 0 aliphatic rings. The van der Waals surface area contributed by atoms with Gasteiger partial charge in [0.2, 0.25) is 5.17 Å². The Labute approximate surface area is 94.3 Å². The van der Waals surface area contributed by atoms with Crippen LogP contribution >= 0.6 is 23.4 Å². The summed E-state index contributed by atoms with van der Waals surface area (Å²) in [5.74, 6) is 0. The summed E-state index contributed by atoms with van der Waals surface area (Å²) in [4.78, 5) is 4.21. The molecule has 0 aliphatic heterocycles. The lowest BCUT2D eigenvalue weighted by molar-refractivity contribution is -0.0558. The van der Waals surface area contributed by atoms with E-state index in [1.54, 1.807) is 12.1 Å². The monoisotopic (exact) mass is 253 g/mol. The lowest BCUT2D eigenvalue weighted by Crippen LogP contribution is -2.16. The molecule has 0 amide bonds. The van der Waals surface area contributed by atoms with E-state index in [9.17, 15) is 13.2 Å². The molecule has 0 heterocycles. The van der Waals surface area contributed by atoms with E-state index in [1.807, 2.05) is 6.26 Å². The van der Waals surface area contributed by atoms with Crippen molar-refractivity contribution < 1.29 is 13.2 Å². The van der Waals surface area contributed by atoms with Crippen LogP contribution in [0.15, 0.2) is 34.2 Å². The Morgan fingerprint density at radius 2 is 1.80 bits per heavy atom. The number of alkyl halides is 3. The van der Waals surface area contributed by atoms with Crippen LogP contribution in [0, 0.1) is 0 Å². The van der Waals surface area contributed by atoms with Crippen molar-refractivity contribution in [3.8, 4) is 0 Å². The van der Waals surface area contributed by atoms with Crippen LogP contribution in [0.2, 0.25) is 0 Å². The fraction of sp³-hybridized carbons (Fsp3) is 0.222. The number of nitrogens with zero attached hydrogens (tertiary/aromatic N) is 1. The standard InChI is InChI=1S/C9H7ClF3NS/c1-15-7-4-2-6(3-5-7)14-8(10)9(11,12)13/h2-5H,1H3. The van der Waals surface area contributed by atoms with Crippen molar-refractivity contribution >= 4 is 34.2 Å². The molecule has 0 spiro atoms. The average Bonchev–Trinajstić information content (AvgIpc) is 2.17. The van der Waals surface area contributed by atoms with Crippen molar-refractivity contribution in [1.29, 1.82) is 0 Å². The van der Waals surface area contributed by atoms with E-state index in [0.717, 1.165) is 4.90 Å². The minimum absolute atomic E-state index is 0.190. The number of hydrogen-bond acceptors (Lipinski definition) is 2. The van der Waals surface area contributed by atoms with Gasteiger partial charge >= 0.3 is 6.18 Å². The van der Waals surface area contributed by atoms with Gasteiger partial charge in [0.1, 0.15) is 0 Å². The molecule has 0 radical (unpaired) electrons. The molecule has 0 saturated heterocycles. The van der Waals surface area contributed by atoms with Crippen molar-refractivity contribution in [3.05, 3.63) is 24.3 Å². The van der Waals surface area contributed by atoms with Gasteiger partial charge in [0.05, 0.1) is 5.69 Å². The van der Waals surface area contributed by atoms with Gasteiger partial charge in [-0.1, -0.05) is 11.6 Å². The summed E-state index contributed by atoms with van der Waals surface area (Å²) in [7, 11) is 0. The first-order chi connectivity index (χ1) is 6.93. The topological polar surface area (TPSA) is 12.4 Å². The third kappa shape index (κ3) is 3.76. The summed E-state index contributed by atoms with van der Waals surface area (Å²) in [6, 6.07) is 6.34. The predicted octanol–water partition coefficient (Wildman–Crippen LogP) is 4.24. The van der Waals surface area contributed by atoms with Crippen molar-refractivity contribution in [3.63, 3.8) is 0 Å². The third-order valence-corrected chi connectivity index (χ3v) is 2.58. The number of thioether (sulfide) groups is 1. The molecule has 0 unspecified atom stereocenters. The fourth-order valence-corrected chi connectivity index (χ4v) is 1.34. The maximum absolute atomic E-state index is 12.0. The minimum Gasteiger partial charge on any atom is -0.232 e. The second-order valence-electron chi connectivity index (χ2n) is 2.60. The average molecular weight is 254 g/mol. The molecule has 0 saturated carbocycles. The van der Waals surface area contributed by atoms with Gasteiger partial charge in [-0.15, -0.1) is 11.8 Å². The summed E-state index contributed by atoms with van der Waals surface area (Å²) in [5, 5.41) is -1.36. The summed E-state index contributed by atoms with van der Waals surface area (Å²) >= 11 is 6.48. The molecule has 0 atom stereocenters. The zero-order valence-corrected chi connectivity index (χ0v) is 9.25. The zero-order valence-electron chi connectivity index (χ0n) is 7.68. The molecule has 15 heavy (non-hydrogen) atoms. The van der Waals surface area contributed by atoms with Crippen molar-refractivity contribution in [2.24, 2.45) is 4.99 Å². The number of benzene rings is 1. The van der Waals surface area contributed by atoms with Gasteiger partial charge in [0.15, 0.2) is 0 Å². The normalized spacial score (nSPS) is 13.0. The smallest absolute Gasteiger partial charge is 0.232 e. The Hall–Kier alpha value is -0.680. The first-order valence-corrected chi connectivity index (χ1v) is 5.49. The Balaban J connectivity index is 2.89. The number of halogens is 4. The Kier molecular flexibility index (Phi) is 4.04. The molecule has 0 aromatic heterocycles. The van der Waals surface area contributed by atoms with Gasteiger partial charge in [-0.05, 0) is 30.5 Å². The zero-order chi connectivity index (χ0) is 11.5. The van der Waals surface area contributed by atoms with Crippen molar-refractivity contribution in [2.45, 2.75) is 11.1 Å². The molecule has 1 rings (SSSR count). The van der Waals surface area contributed by atoms with Gasteiger partial charge in [-0.3, -0.25) is 0 Å². The molecule has 6 heteroatoms. The van der Waals surface area contributed by atoms with Gasteiger partial charge < -0.3 is 0 Å². The highest BCUT2D eigenvalue weighted by Crippen LogP contribution is 2.25. The van der Waals surface area contributed by atoms with E-state index in [1.165, 1.54) is 23.9 Å². The molecule has 82 valence electrons. The van der Waals surface area contributed by atoms with Gasteiger partial charge in [-0.2, -0.15) is 13.2 Å². The second-order valence-corrected chi connectivity index (χ2v) is 3.84.